The fraction of sp³-hybridized carbons (Fsp3) is 0.400. The van der Waals surface area contributed by atoms with Crippen molar-refractivity contribution in [2.24, 2.45) is 5.10 Å². The maximum atomic E-state index is 11.8. The van der Waals surface area contributed by atoms with Crippen LogP contribution in [0.3, 0.4) is 0 Å². The van der Waals surface area contributed by atoms with E-state index >= 15 is 0 Å². The molecule has 0 atom stereocenters. The van der Waals surface area contributed by atoms with Gasteiger partial charge in [0.25, 0.3) is 0 Å². The van der Waals surface area contributed by atoms with Crippen LogP contribution in [0, 0.1) is 0 Å². The van der Waals surface area contributed by atoms with Gasteiger partial charge in [0, 0.05) is 18.7 Å². The van der Waals surface area contributed by atoms with Gasteiger partial charge in [0.15, 0.2) is 0 Å². The van der Waals surface area contributed by atoms with Crippen LogP contribution in [0.25, 0.3) is 0 Å². The number of methoxy groups -OCH3 is 2. The number of carbonyl (C=O) groups is 2. The molecule has 7 nitrogen and oxygen atoms in total. The molecule has 1 aromatic rings. The smallest absolute Gasteiger partial charge is 0.329 e. The van der Waals surface area contributed by atoms with E-state index in [1.165, 1.54) is 18.2 Å². The van der Waals surface area contributed by atoms with Gasteiger partial charge in [0.2, 0.25) is 0 Å². The highest BCUT2D eigenvalue weighted by molar-refractivity contribution is 6.35. The SMILES string of the molecule is COc1ccc(OC)c(/C=N\NC(=O)C(=O)N2CCCC2)c1. The molecule has 1 aliphatic rings. The van der Waals surface area contributed by atoms with Gasteiger partial charge in [-0.2, -0.15) is 5.10 Å². The predicted molar refractivity (Wildman–Crippen MR) is 81.1 cm³/mol. The number of hydrogen-bond donors (Lipinski definition) is 1. The number of ether oxygens (including phenoxy) is 2. The maximum Gasteiger partial charge on any atom is 0.329 e. The van der Waals surface area contributed by atoms with E-state index in [0.29, 0.717) is 30.2 Å². The van der Waals surface area contributed by atoms with Crippen LogP contribution in [0.4, 0.5) is 0 Å². The number of hydrogen-bond acceptors (Lipinski definition) is 5. The van der Waals surface area contributed by atoms with Crippen molar-refractivity contribution in [1.82, 2.24) is 10.3 Å². The second kappa shape index (κ2) is 7.44. The summed E-state index contributed by atoms with van der Waals surface area (Å²) in [5, 5.41) is 3.81. The van der Waals surface area contributed by atoms with Crippen LogP contribution < -0.4 is 14.9 Å². The first-order valence-electron chi connectivity index (χ1n) is 7.00. The Morgan fingerprint density at radius 1 is 1.23 bits per heavy atom. The normalized spacial score (nSPS) is 14.2. The summed E-state index contributed by atoms with van der Waals surface area (Å²) in [5.41, 5.74) is 2.87. The summed E-state index contributed by atoms with van der Waals surface area (Å²) in [5.74, 6) is -0.0568. The number of nitrogens with one attached hydrogen (secondary N) is 1. The molecule has 7 heteroatoms. The van der Waals surface area contributed by atoms with Gasteiger partial charge in [-0.1, -0.05) is 0 Å². The molecule has 0 saturated carbocycles. The summed E-state index contributed by atoms with van der Waals surface area (Å²) in [6.45, 7) is 1.25. The van der Waals surface area contributed by atoms with Crippen molar-refractivity contribution >= 4 is 18.0 Å². The Labute approximate surface area is 128 Å². The molecule has 1 aromatic carbocycles. The quantitative estimate of drug-likeness (QED) is 0.506. The number of likely N-dealkylation sites (tertiary alicyclic amines) is 1. The monoisotopic (exact) mass is 305 g/mol. The first kappa shape index (κ1) is 15.8. The van der Waals surface area contributed by atoms with Gasteiger partial charge in [-0.15, -0.1) is 0 Å². The van der Waals surface area contributed by atoms with Gasteiger partial charge in [-0.3, -0.25) is 9.59 Å². The van der Waals surface area contributed by atoms with E-state index in [2.05, 4.69) is 10.5 Å². The molecular formula is C15H19N3O4. The fourth-order valence-electron chi connectivity index (χ4n) is 2.21. The van der Waals surface area contributed by atoms with Crippen LogP contribution in [0.5, 0.6) is 11.5 Å². The van der Waals surface area contributed by atoms with Crippen LogP contribution >= 0.6 is 0 Å². The minimum Gasteiger partial charge on any atom is -0.497 e. The molecule has 1 N–H and O–H groups in total. The van der Waals surface area contributed by atoms with E-state index in [1.807, 2.05) is 0 Å². The van der Waals surface area contributed by atoms with Gasteiger partial charge in [0.05, 0.1) is 20.4 Å². The lowest BCUT2D eigenvalue weighted by Gasteiger charge is -2.12. The minimum absolute atomic E-state index is 0.549. The zero-order chi connectivity index (χ0) is 15.9. The van der Waals surface area contributed by atoms with Crippen LogP contribution in [0.1, 0.15) is 18.4 Å². The Morgan fingerprint density at radius 2 is 1.95 bits per heavy atom. The van der Waals surface area contributed by atoms with Gasteiger partial charge in [0.1, 0.15) is 11.5 Å². The summed E-state index contributed by atoms with van der Waals surface area (Å²) in [6.07, 6.45) is 3.28. The molecule has 0 radical (unpaired) electrons. The highest BCUT2D eigenvalue weighted by atomic mass is 16.5. The lowest BCUT2D eigenvalue weighted by Crippen LogP contribution is -2.39. The van der Waals surface area contributed by atoms with Gasteiger partial charge in [-0.25, -0.2) is 5.43 Å². The zero-order valence-corrected chi connectivity index (χ0v) is 12.7. The molecule has 0 unspecified atom stereocenters. The Hall–Kier alpha value is -2.57. The van der Waals surface area contributed by atoms with Crippen molar-refractivity contribution in [2.45, 2.75) is 12.8 Å². The molecule has 1 saturated heterocycles. The van der Waals surface area contributed by atoms with Crippen molar-refractivity contribution in [3.05, 3.63) is 23.8 Å². The number of hydrazone groups is 1. The summed E-state index contributed by atoms with van der Waals surface area (Å²) >= 11 is 0. The van der Waals surface area contributed by atoms with Crippen LogP contribution in [0.2, 0.25) is 0 Å². The van der Waals surface area contributed by atoms with Crippen molar-refractivity contribution in [3.63, 3.8) is 0 Å². The Morgan fingerprint density at radius 3 is 2.59 bits per heavy atom. The average Bonchev–Trinajstić information content (AvgIpc) is 3.08. The molecule has 0 aromatic heterocycles. The van der Waals surface area contributed by atoms with Crippen molar-refractivity contribution in [3.8, 4) is 11.5 Å². The number of carbonyl (C=O) groups excluding carboxylic acids is 2. The predicted octanol–water partition coefficient (Wildman–Crippen LogP) is 0.776. The number of nitrogens with zero attached hydrogens (tertiary/aromatic N) is 2. The van der Waals surface area contributed by atoms with E-state index in [4.69, 9.17) is 9.47 Å². The highest BCUT2D eigenvalue weighted by Crippen LogP contribution is 2.22. The number of amides is 2. The third kappa shape index (κ3) is 3.75. The van der Waals surface area contributed by atoms with E-state index in [9.17, 15) is 9.59 Å². The zero-order valence-electron chi connectivity index (χ0n) is 12.7. The minimum atomic E-state index is -0.736. The topological polar surface area (TPSA) is 80.2 Å². The van der Waals surface area contributed by atoms with Crippen LogP contribution in [0.15, 0.2) is 23.3 Å². The number of benzene rings is 1. The maximum absolute atomic E-state index is 11.8. The van der Waals surface area contributed by atoms with Gasteiger partial charge >= 0.3 is 11.8 Å². The largest absolute Gasteiger partial charge is 0.497 e. The summed E-state index contributed by atoms with van der Waals surface area (Å²) in [4.78, 5) is 25.1. The van der Waals surface area contributed by atoms with Crippen molar-refractivity contribution in [1.29, 1.82) is 0 Å². The summed E-state index contributed by atoms with van der Waals surface area (Å²) < 4.78 is 10.3. The highest BCUT2D eigenvalue weighted by Gasteiger charge is 2.23. The van der Waals surface area contributed by atoms with Crippen LogP contribution in [-0.2, 0) is 9.59 Å². The van der Waals surface area contributed by atoms with E-state index in [0.717, 1.165) is 12.8 Å². The molecule has 118 valence electrons. The van der Waals surface area contributed by atoms with Gasteiger partial charge in [-0.05, 0) is 31.0 Å². The molecule has 2 amide bonds. The van der Waals surface area contributed by atoms with Crippen LogP contribution in [-0.4, -0.2) is 50.2 Å². The molecule has 0 aliphatic carbocycles. The van der Waals surface area contributed by atoms with E-state index in [1.54, 1.807) is 25.3 Å². The Bertz CT molecular complexity index is 580. The van der Waals surface area contributed by atoms with Crippen molar-refractivity contribution in [2.75, 3.05) is 27.3 Å². The second-order valence-electron chi connectivity index (χ2n) is 4.81. The summed E-state index contributed by atoms with van der Waals surface area (Å²) in [6, 6.07) is 5.21. The Balaban J connectivity index is 1.99. The lowest BCUT2D eigenvalue weighted by molar-refractivity contribution is -0.145. The third-order valence-electron chi connectivity index (χ3n) is 3.39. The standard InChI is InChI=1S/C15H19N3O4/c1-21-12-5-6-13(22-2)11(9-12)10-16-17-14(19)15(20)18-7-3-4-8-18/h5-6,9-10H,3-4,7-8H2,1-2H3,(H,17,19)/b16-10-. The fourth-order valence-corrected chi connectivity index (χ4v) is 2.21. The molecule has 2 rings (SSSR count). The molecule has 1 fully saturated rings. The van der Waals surface area contributed by atoms with E-state index < -0.39 is 11.8 Å². The Kier molecular flexibility index (Phi) is 5.35. The van der Waals surface area contributed by atoms with Crippen molar-refractivity contribution < 1.29 is 19.1 Å². The molecular weight excluding hydrogens is 286 g/mol. The molecule has 1 aliphatic heterocycles. The molecule has 0 spiro atoms. The van der Waals surface area contributed by atoms with E-state index in [-0.39, 0.29) is 0 Å². The van der Waals surface area contributed by atoms with Gasteiger partial charge < -0.3 is 14.4 Å². The molecule has 0 bridgehead atoms. The molecule has 1 heterocycles. The average molecular weight is 305 g/mol. The number of rotatable bonds is 4. The lowest BCUT2D eigenvalue weighted by atomic mass is 10.2. The second-order valence-corrected chi connectivity index (χ2v) is 4.81. The first-order valence-corrected chi connectivity index (χ1v) is 7.00. The first-order chi connectivity index (χ1) is 10.7. The molecule has 22 heavy (non-hydrogen) atoms. The third-order valence-corrected chi connectivity index (χ3v) is 3.39. The summed E-state index contributed by atoms with van der Waals surface area (Å²) in [7, 11) is 3.09.